The SMILES string of the molecule is CCc1c(C(=O)NC2CCCC2)cnn1-c1ccc(C)cc1. The summed E-state index contributed by atoms with van der Waals surface area (Å²) in [6.45, 7) is 4.13. The first-order valence-electron chi connectivity index (χ1n) is 8.14. The molecule has 0 atom stereocenters. The highest BCUT2D eigenvalue weighted by molar-refractivity contribution is 5.95. The van der Waals surface area contributed by atoms with Crippen molar-refractivity contribution in [2.75, 3.05) is 0 Å². The highest BCUT2D eigenvalue weighted by atomic mass is 16.1. The summed E-state index contributed by atoms with van der Waals surface area (Å²) in [5, 5.41) is 7.59. The van der Waals surface area contributed by atoms with Gasteiger partial charge in [0.1, 0.15) is 0 Å². The van der Waals surface area contributed by atoms with Crippen molar-refractivity contribution in [1.29, 1.82) is 0 Å². The number of carbonyl (C=O) groups excluding carboxylic acids is 1. The first-order chi connectivity index (χ1) is 10.7. The van der Waals surface area contributed by atoms with Crippen LogP contribution in [0.4, 0.5) is 0 Å². The first-order valence-corrected chi connectivity index (χ1v) is 8.14. The molecule has 1 heterocycles. The van der Waals surface area contributed by atoms with Crippen molar-refractivity contribution in [3.63, 3.8) is 0 Å². The monoisotopic (exact) mass is 297 g/mol. The van der Waals surface area contributed by atoms with Crippen LogP contribution in [0, 0.1) is 6.92 Å². The summed E-state index contributed by atoms with van der Waals surface area (Å²) in [6.07, 6.45) is 7.10. The predicted octanol–water partition coefficient (Wildman–Crippen LogP) is 3.42. The normalized spacial score (nSPS) is 15.2. The van der Waals surface area contributed by atoms with E-state index in [-0.39, 0.29) is 5.91 Å². The van der Waals surface area contributed by atoms with Gasteiger partial charge in [0, 0.05) is 6.04 Å². The molecule has 1 saturated carbocycles. The van der Waals surface area contributed by atoms with Gasteiger partial charge < -0.3 is 5.32 Å². The molecule has 0 aliphatic heterocycles. The van der Waals surface area contributed by atoms with E-state index in [0.29, 0.717) is 11.6 Å². The van der Waals surface area contributed by atoms with Crippen LogP contribution in [0.15, 0.2) is 30.5 Å². The third kappa shape index (κ3) is 2.91. The zero-order valence-electron chi connectivity index (χ0n) is 13.3. The molecule has 0 bridgehead atoms. The van der Waals surface area contributed by atoms with Gasteiger partial charge in [0.05, 0.1) is 23.1 Å². The molecule has 0 radical (unpaired) electrons. The quantitative estimate of drug-likeness (QED) is 0.940. The topological polar surface area (TPSA) is 46.9 Å². The molecule has 116 valence electrons. The zero-order chi connectivity index (χ0) is 15.5. The molecule has 1 aliphatic rings. The van der Waals surface area contributed by atoms with Gasteiger partial charge in [-0.25, -0.2) is 4.68 Å². The fourth-order valence-electron chi connectivity index (χ4n) is 3.15. The third-order valence-electron chi connectivity index (χ3n) is 4.42. The van der Waals surface area contributed by atoms with Crippen LogP contribution < -0.4 is 5.32 Å². The lowest BCUT2D eigenvalue weighted by molar-refractivity contribution is 0.0937. The second kappa shape index (κ2) is 6.34. The highest BCUT2D eigenvalue weighted by Gasteiger charge is 2.22. The summed E-state index contributed by atoms with van der Waals surface area (Å²) in [6, 6.07) is 8.55. The van der Waals surface area contributed by atoms with Crippen molar-refractivity contribution >= 4 is 5.91 Å². The van der Waals surface area contributed by atoms with Crippen LogP contribution >= 0.6 is 0 Å². The van der Waals surface area contributed by atoms with E-state index in [1.54, 1.807) is 6.20 Å². The number of nitrogens with one attached hydrogen (secondary N) is 1. The number of rotatable bonds is 4. The minimum absolute atomic E-state index is 0.0158. The minimum Gasteiger partial charge on any atom is -0.349 e. The number of hydrogen-bond acceptors (Lipinski definition) is 2. The number of hydrogen-bond donors (Lipinski definition) is 1. The summed E-state index contributed by atoms with van der Waals surface area (Å²) < 4.78 is 1.88. The lowest BCUT2D eigenvalue weighted by Crippen LogP contribution is -2.33. The molecule has 1 aromatic carbocycles. The summed E-state index contributed by atoms with van der Waals surface area (Å²) in [4.78, 5) is 12.5. The molecule has 0 spiro atoms. The Bertz CT molecular complexity index is 651. The molecule has 1 amide bonds. The molecule has 22 heavy (non-hydrogen) atoms. The average molecular weight is 297 g/mol. The Labute approximate surface area is 131 Å². The third-order valence-corrected chi connectivity index (χ3v) is 4.42. The van der Waals surface area contributed by atoms with Gasteiger partial charge in [0.25, 0.3) is 5.91 Å². The van der Waals surface area contributed by atoms with Gasteiger partial charge in [0.2, 0.25) is 0 Å². The summed E-state index contributed by atoms with van der Waals surface area (Å²) in [5.74, 6) is 0.0158. The van der Waals surface area contributed by atoms with Crippen LogP contribution in [0.1, 0.15) is 54.2 Å². The number of aromatic nitrogens is 2. The van der Waals surface area contributed by atoms with Gasteiger partial charge in [-0.05, 0) is 38.3 Å². The van der Waals surface area contributed by atoms with Gasteiger partial charge in [-0.1, -0.05) is 37.5 Å². The fourth-order valence-corrected chi connectivity index (χ4v) is 3.15. The van der Waals surface area contributed by atoms with E-state index in [1.807, 2.05) is 16.8 Å². The Kier molecular flexibility index (Phi) is 4.27. The second-order valence-electron chi connectivity index (χ2n) is 6.06. The van der Waals surface area contributed by atoms with E-state index in [0.717, 1.165) is 30.6 Å². The number of carbonyl (C=O) groups is 1. The fraction of sp³-hybridized carbons (Fsp3) is 0.444. The molecule has 2 aromatic rings. The molecule has 4 heteroatoms. The maximum Gasteiger partial charge on any atom is 0.254 e. The molecule has 1 aliphatic carbocycles. The van der Waals surface area contributed by atoms with Crippen LogP contribution in [0.3, 0.4) is 0 Å². The van der Waals surface area contributed by atoms with Crippen LogP contribution in [-0.2, 0) is 6.42 Å². The molecule has 1 fully saturated rings. The summed E-state index contributed by atoms with van der Waals surface area (Å²) >= 11 is 0. The van der Waals surface area contributed by atoms with Crippen LogP contribution in [0.5, 0.6) is 0 Å². The maximum absolute atomic E-state index is 12.5. The number of nitrogens with zero attached hydrogens (tertiary/aromatic N) is 2. The number of aryl methyl sites for hydroxylation is 1. The van der Waals surface area contributed by atoms with Crippen molar-refractivity contribution in [3.8, 4) is 5.69 Å². The minimum atomic E-state index is 0.0158. The van der Waals surface area contributed by atoms with Gasteiger partial charge in [-0.3, -0.25) is 4.79 Å². The van der Waals surface area contributed by atoms with E-state index >= 15 is 0 Å². The van der Waals surface area contributed by atoms with Crippen molar-refractivity contribution in [1.82, 2.24) is 15.1 Å². The molecule has 3 rings (SSSR count). The second-order valence-corrected chi connectivity index (χ2v) is 6.06. The predicted molar refractivity (Wildman–Crippen MR) is 87.4 cm³/mol. The Morgan fingerprint density at radius 2 is 1.95 bits per heavy atom. The standard InChI is InChI=1S/C18H23N3O/c1-3-17-16(18(22)20-14-6-4-5-7-14)12-19-21(17)15-10-8-13(2)9-11-15/h8-12,14H,3-7H2,1-2H3,(H,20,22). The van der Waals surface area contributed by atoms with Gasteiger partial charge in [-0.2, -0.15) is 5.10 Å². The molecule has 0 saturated heterocycles. The lowest BCUT2D eigenvalue weighted by Gasteiger charge is -2.12. The average Bonchev–Trinajstić information content (AvgIpc) is 3.16. The van der Waals surface area contributed by atoms with Gasteiger partial charge in [0.15, 0.2) is 0 Å². The van der Waals surface area contributed by atoms with Crippen molar-refractivity contribution in [2.45, 2.75) is 52.0 Å². The molecular weight excluding hydrogens is 274 g/mol. The van der Waals surface area contributed by atoms with Crippen LogP contribution in [0.2, 0.25) is 0 Å². The zero-order valence-corrected chi connectivity index (χ0v) is 13.3. The molecule has 4 nitrogen and oxygen atoms in total. The Hall–Kier alpha value is -2.10. The molecular formula is C18H23N3O. The maximum atomic E-state index is 12.5. The van der Waals surface area contributed by atoms with E-state index in [2.05, 4.69) is 36.4 Å². The van der Waals surface area contributed by atoms with Crippen molar-refractivity contribution in [3.05, 3.63) is 47.3 Å². The van der Waals surface area contributed by atoms with Gasteiger partial charge in [-0.15, -0.1) is 0 Å². The first kappa shape index (κ1) is 14.8. The highest BCUT2D eigenvalue weighted by Crippen LogP contribution is 2.20. The number of amides is 1. The van der Waals surface area contributed by atoms with Crippen LogP contribution in [0.25, 0.3) is 5.69 Å². The van der Waals surface area contributed by atoms with E-state index in [4.69, 9.17) is 0 Å². The van der Waals surface area contributed by atoms with Gasteiger partial charge >= 0.3 is 0 Å². The van der Waals surface area contributed by atoms with E-state index < -0.39 is 0 Å². The van der Waals surface area contributed by atoms with Crippen LogP contribution in [-0.4, -0.2) is 21.7 Å². The Balaban J connectivity index is 1.86. The van der Waals surface area contributed by atoms with E-state index in [9.17, 15) is 4.79 Å². The largest absolute Gasteiger partial charge is 0.349 e. The summed E-state index contributed by atoms with van der Waals surface area (Å²) in [7, 11) is 0. The van der Waals surface area contributed by atoms with Crippen molar-refractivity contribution in [2.24, 2.45) is 0 Å². The molecule has 0 unspecified atom stereocenters. The smallest absolute Gasteiger partial charge is 0.254 e. The molecule has 1 N–H and O–H groups in total. The molecule has 1 aromatic heterocycles. The Morgan fingerprint density at radius 1 is 1.27 bits per heavy atom. The van der Waals surface area contributed by atoms with Crippen molar-refractivity contribution < 1.29 is 4.79 Å². The lowest BCUT2D eigenvalue weighted by atomic mass is 10.1. The summed E-state index contributed by atoms with van der Waals surface area (Å²) in [5.41, 5.74) is 3.89. The number of benzene rings is 1. The van der Waals surface area contributed by atoms with E-state index in [1.165, 1.54) is 18.4 Å². The Morgan fingerprint density at radius 3 is 2.59 bits per heavy atom.